The number of amides is 2. The monoisotopic (exact) mass is 478 g/mol. The lowest BCUT2D eigenvalue weighted by molar-refractivity contribution is -0.137. The van der Waals surface area contributed by atoms with E-state index in [-0.39, 0.29) is 31.1 Å². The van der Waals surface area contributed by atoms with Gasteiger partial charge < -0.3 is 24.8 Å². The Morgan fingerprint density at radius 3 is 2.80 bits per heavy atom. The Morgan fingerprint density at radius 2 is 2.10 bits per heavy atom. The van der Waals surface area contributed by atoms with Gasteiger partial charge >= 0.3 is 5.97 Å². The van der Waals surface area contributed by atoms with Crippen LogP contribution in [0.4, 0.5) is 0 Å². The second-order valence-electron chi connectivity index (χ2n) is 6.80. The molecule has 1 saturated heterocycles. The molecule has 1 aromatic carbocycles. The second kappa shape index (κ2) is 10.3. The summed E-state index contributed by atoms with van der Waals surface area (Å²) in [5.41, 5.74) is 0.753. The van der Waals surface area contributed by atoms with E-state index in [0.29, 0.717) is 30.9 Å². The van der Waals surface area contributed by atoms with Crippen molar-refractivity contribution in [3.63, 3.8) is 0 Å². The number of benzene rings is 1. The third-order valence-electron chi connectivity index (χ3n) is 4.69. The summed E-state index contributed by atoms with van der Waals surface area (Å²) >= 11 is 3.45. The fraction of sp³-hybridized carbons (Fsp3) is 0.381. The average molecular weight is 479 g/mol. The Labute approximate surface area is 182 Å². The number of fused-ring (bicyclic) bond motifs is 1. The maximum Gasteiger partial charge on any atom is 0.330 e. The van der Waals surface area contributed by atoms with Gasteiger partial charge in [0.1, 0.15) is 0 Å². The summed E-state index contributed by atoms with van der Waals surface area (Å²) in [6, 6.07) is 3.07. The Morgan fingerprint density at radius 1 is 1.33 bits per heavy atom. The van der Waals surface area contributed by atoms with Crippen LogP contribution in [0.1, 0.15) is 25.3 Å². The SMILES string of the molecule is CCOC(=O)C=C[C@H](C[C@@H]1CCNC1=O)NC(=O)C=Cc1cc2c(cc1Br)OCO2. The predicted molar refractivity (Wildman–Crippen MR) is 113 cm³/mol. The molecule has 3 rings (SSSR count). The molecule has 2 heterocycles. The van der Waals surface area contributed by atoms with Crippen molar-refractivity contribution in [3.05, 3.63) is 40.4 Å². The molecule has 2 aliphatic rings. The number of halogens is 1. The van der Waals surface area contributed by atoms with E-state index in [4.69, 9.17) is 14.2 Å². The first kappa shape index (κ1) is 21.9. The van der Waals surface area contributed by atoms with Crippen LogP contribution in [0.5, 0.6) is 11.5 Å². The van der Waals surface area contributed by atoms with Crippen molar-refractivity contribution in [2.24, 2.45) is 5.92 Å². The minimum absolute atomic E-state index is 0.0429. The van der Waals surface area contributed by atoms with Crippen LogP contribution in [0.3, 0.4) is 0 Å². The molecule has 0 radical (unpaired) electrons. The molecule has 160 valence electrons. The van der Waals surface area contributed by atoms with Crippen molar-refractivity contribution in [3.8, 4) is 11.5 Å². The molecule has 0 saturated carbocycles. The van der Waals surface area contributed by atoms with Crippen LogP contribution < -0.4 is 20.1 Å². The molecule has 0 bridgehead atoms. The van der Waals surface area contributed by atoms with E-state index < -0.39 is 12.0 Å². The van der Waals surface area contributed by atoms with E-state index in [1.165, 1.54) is 12.2 Å². The van der Waals surface area contributed by atoms with Crippen molar-refractivity contribution in [2.75, 3.05) is 19.9 Å². The van der Waals surface area contributed by atoms with Gasteiger partial charge in [-0.05, 0) is 43.5 Å². The Bertz CT molecular complexity index is 882. The molecule has 2 N–H and O–H groups in total. The summed E-state index contributed by atoms with van der Waals surface area (Å²) in [7, 11) is 0. The minimum Gasteiger partial charge on any atom is -0.463 e. The molecule has 0 spiro atoms. The molecule has 2 aliphatic heterocycles. The van der Waals surface area contributed by atoms with Gasteiger partial charge in [-0.1, -0.05) is 22.0 Å². The zero-order valence-electron chi connectivity index (χ0n) is 16.5. The Kier molecular flexibility index (Phi) is 7.51. The Hall–Kier alpha value is -2.81. The smallest absolute Gasteiger partial charge is 0.330 e. The van der Waals surface area contributed by atoms with E-state index >= 15 is 0 Å². The number of esters is 1. The molecule has 30 heavy (non-hydrogen) atoms. The zero-order valence-corrected chi connectivity index (χ0v) is 18.1. The number of carbonyl (C=O) groups is 3. The number of ether oxygens (including phenoxy) is 3. The average Bonchev–Trinajstić information content (AvgIpc) is 3.33. The van der Waals surface area contributed by atoms with Crippen LogP contribution >= 0.6 is 15.9 Å². The van der Waals surface area contributed by atoms with Gasteiger partial charge in [0.2, 0.25) is 18.6 Å². The molecular formula is C21H23BrN2O6. The molecule has 2 amide bonds. The lowest BCUT2D eigenvalue weighted by Crippen LogP contribution is -2.35. The standard InChI is InChI=1S/C21H23BrN2O6/c1-2-28-20(26)6-4-15(9-14-7-8-23-21(14)27)24-19(25)5-3-13-10-17-18(11-16(13)22)30-12-29-17/h3-6,10-11,14-15H,2,7-9,12H2,1H3,(H,23,27)(H,24,25)/t14-,15+/m0/s1. The molecule has 2 atom stereocenters. The highest BCUT2D eigenvalue weighted by atomic mass is 79.9. The summed E-state index contributed by atoms with van der Waals surface area (Å²) in [4.78, 5) is 36.0. The van der Waals surface area contributed by atoms with E-state index in [2.05, 4.69) is 26.6 Å². The fourth-order valence-corrected chi connectivity index (χ4v) is 3.66. The molecular weight excluding hydrogens is 456 g/mol. The van der Waals surface area contributed by atoms with Crippen molar-refractivity contribution in [1.29, 1.82) is 0 Å². The van der Waals surface area contributed by atoms with Crippen molar-refractivity contribution in [1.82, 2.24) is 10.6 Å². The van der Waals surface area contributed by atoms with Gasteiger partial charge in [0.25, 0.3) is 0 Å². The van der Waals surface area contributed by atoms with Gasteiger partial charge in [0.15, 0.2) is 11.5 Å². The molecule has 0 aliphatic carbocycles. The van der Waals surface area contributed by atoms with Crippen LogP contribution in [0.25, 0.3) is 6.08 Å². The number of hydrogen-bond donors (Lipinski definition) is 2. The fourth-order valence-electron chi connectivity index (χ4n) is 3.20. The van der Waals surface area contributed by atoms with Gasteiger partial charge in [0, 0.05) is 35.1 Å². The molecule has 0 unspecified atom stereocenters. The van der Waals surface area contributed by atoms with E-state index in [9.17, 15) is 14.4 Å². The summed E-state index contributed by atoms with van der Waals surface area (Å²) in [5.74, 6) is 0.153. The normalized spacial score (nSPS) is 18.6. The summed E-state index contributed by atoms with van der Waals surface area (Å²) < 4.78 is 16.3. The molecule has 9 heteroatoms. The van der Waals surface area contributed by atoms with Gasteiger partial charge in [-0.2, -0.15) is 0 Å². The highest BCUT2D eigenvalue weighted by Gasteiger charge is 2.27. The molecule has 1 fully saturated rings. The molecule has 1 aromatic rings. The first-order chi connectivity index (χ1) is 14.5. The first-order valence-electron chi connectivity index (χ1n) is 9.66. The highest BCUT2D eigenvalue weighted by molar-refractivity contribution is 9.10. The van der Waals surface area contributed by atoms with Crippen LogP contribution in [-0.4, -0.2) is 43.8 Å². The number of nitrogens with one attached hydrogen (secondary N) is 2. The largest absolute Gasteiger partial charge is 0.463 e. The Balaban J connectivity index is 1.66. The maximum atomic E-state index is 12.5. The summed E-state index contributed by atoms with van der Waals surface area (Å²) in [6.07, 6.45) is 6.97. The quantitative estimate of drug-likeness (QED) is 0.439. The molecule has 8 nitrogen and oxygen atoms in total. The third kappa shape index (κ3) is 5.85. The van der Waals surface area contributed by atoms with Crippen LogP contribution in [0.15, 0.2) is 34.8 Å². The number of hydrogen-bond acceptors (Lipinski definition) is 6. The van der Waals surface area contributed by atoms with Crippen LogP contribution in [-0.2, 0) is 19.1 Å². The lowest BCUT2D eigenvalue weighted by atomic mass is 9.98. The van der Waals surface area contributed by atoms with Gasteiger partial charge in [-0.3, -0.25) is 9.59 Å². The van der Waals surface area contributed by atoms with Crippen molar-refractivity contribution in [2.45, 2.75) is 25.8 Å². The zero-order chi connectivity index (χ0) is 21.5. The van der Waals surface area contributed by atoms with Crippen molar-refractivity contribution < 1.29 is 28.6 Å². The van der Waals surface area contributed by atoms with E-state index in [0.717, 1.165) is 10.0 Å². The van der Waals surface area contributed by atoms with Gasteiger partial charge in [-0.25, -0.2) is 4.79 Å². The number of carbonyl (C=O) groups excluding carboxylic acids is 3. The predicted octanol–water partition coefficient (Wildman–Crippen LogP) is 2.32. The van der Waals surface area contributed by atoms with Crippen LogP contribution in [0, 0.1) is 5.92 Å². The maximum absolute atomic E-state index is 12.5. The van der Waals surface area contributed by atoms with Crippen molar-refractivity contribution >= 4 is 39.8 Å². The number of rotatable bonds is 8. The topological polar surface area (TPSA) is 103 Å². The highest BCUT2D eigenvalue weighted by Crippen LogP contribution is 2.37. The third-order valence-corrected chi connectivity index (χ3v) is 5.37. The van der Waals surface area contributed by atoms with Crippen LogP contribution in [0.2, 0.25) is 0 Å². The minimum atomic E-state index is -0.493. The molecule has 0 aromatic heterocycles. The van der Waals surface area contributed by atoms with Gasteiger partial charge in [0.05, 0.1) is 6.61 Å². The van der Waals surface area contributed by atoms with E-state index in [1.54, 1.807) is 31.2 Å². The van der Waals surface area contributed by atoms with E-state index in [1.807, 2.05) is 0 Å². The summed E-state index contributed by atoms with van der Waals surface area (Å²) in [5, 5.41) is 5.61. The van der Waals surface area contributed by atoms with Gasteiger partial charge in [-0.15, -0.1) is 0 Å². The second-order valence-corrected chi connectivity index (χ2v) is 7.65. The summed E-state index contributed by atoms with van der Waals surface area (Å²) in [6.45, 7) is 2.76. The lowest BCUT2D eigenvalue weighted by Gasteiger charge is -2.17. The first-order valence-corrected chi connectivity index (χ1v) is 10.5.